The maximum atomic E-state index is 11.9. The molecule has 0 aromatic carbocycles. The lowest BCUT2D eigenvalue weighted by Crippen LogP contribution is -2.34. The third-order valence-corrected chi connectivity index (χ3v) is 2.64. The summed E-state index contributed by atoms with van der Waals surface area (Å²) in [6, 6.07) is 1.59. The van der Waals surface area contributed by atoms with Crippen LogP contribution in [0.5, 0.6) is 0 Å². The van der Waals surface area contributed by atoms with Gasteiger partial charge in [-0.05, 0) is 19.9 Å². The summed E-state index contributed by atoms with van der Waals surface area (Å²) in [5, 5.41) is 6.89. The quantitative estimate of drug-likeness (QED) is 0.904. The van der Waals surface area contributed by atoms with E-state index in [2.05, 4.69) is 20.4 Å². The van der Waals surface area contributed by atoms with Crippen LogP contribution >= 0.6 is 0 Å². The van der Waals surface area contributed by atoms with Crippen LogP contribution in [0.2, 0.25) is 0 Å². The van der Waals surface area contributed by atoms with Crippen LogP contribution in [0.25, 0.3) is 5.95 Å². The number of hydrogen-bond acceptors (Lipinski definition) is 4. The Balaban J connectivity index is 2.08. The predicted octanol–water partition coefficient (Wildman–Crippen LogP) is 1.54. The lowest BCUT2D eigenvalue weighted by atomic mass is 10.5. The van der Waals surface area contributed by atoms with Crippen LogP contribution in [0.1, 0.15) is 13.8 Å². The predicted molar refractivity (Wildman–Crippen MR) is 71.1 cm³/mol. The third kappa shape index (κ3) is 3.06. The number of amides is 2. The molecule has 2 amide bonds. The first-order chi connectivity index (χ1) is 9.24. The topological polar surface area (TPSA) is 75.9 Å². The van der Waals surface area contributed by atoms with E-state index in [9.17, 15) is 4.79 Å². The van der Waals surface area contributed by atoms with E-state index < -0.39 is 0 Å². The van der Waals surface area contributed by atoms with Gasteiger partial charge in [0.25, 0.3) is 0 Å². The summed E-state index contributed by atoms with van der Waals surface area (Å²) in [6.45, 7) is 5.20. The molecule has 2 rings (SSSR count). The van der Waals surface area contributed by atoms with Crippen LogP contribution in [0, 0.1) is 0 Å². The van der Waals surface area contributed by atoms with Crippen molar-refractivity contribution in [2.24, 2.45) is 0 Å². The molecule has 7 nitrogen and oxygen atoms in total. The molecule has 0 unspecified atom stereocenters. The van der Waals surface area contributed by atoms with Crippen LogP contribution in [-0.4, -0.2) is 43.8 Å². The van der Waals surface area contributed by atoms with Gasteiger partial charge in [0.15, 0.2) is 0 Å². The highest BCUT2D eigenvalue weighted by atomic mass is 16.2. The molecule has 0 fully saturated rings. The van der Waals surface area contributed by atoms with E-state index in [4.69, 9.17) is 0 Å². The highest BCUT2D eigenvalue weighted by Gasteiger charge is 2.11. The van der Waals surface area contributed by atoms with Crippen molar-refractivity contribution in [1.82, 2.24) is 24.6 Å². The minimum atomic E-state index is -0.140. The van der Waals surface area contributed by atoms with Gasteiger partial charge in [-0.25, -0.2) is 19.4 Å². The van der Waals surface area contributed by atoms with E-state index >= 15 is 0 Å². The molecule has 19 heavy (non-hydrogen) atoms. The smallest absolute Gasteiger partial charge is 0.321 e. The average Bonchev–Trinajstić information content (AvgIpc) is 2.89. The zero-order valence-electron chi connectivity index (χ0n) is 10.9. The molecule has 7 heteroatoms. The zero-order chi connectivity index (χ0) is 13.7. The highest BCUT2D eigenvalue weighted by Crippen LogP contribution is 2.08. The van der Waals surface area contributed by atoms with Gasteiger partial charge in [-0.2, -0.15) is 5.10 Å². The SMILES string of the molecule is CCN(CC)C(=O)Nc1cnn(-c2ncccn2)c1. The number of nitrogens with one attached hydrogen (secondary N) is 1. The minimum absolute atomic E-state index is 0.140. The highest BCUT2D eigenvalue weighted by molar-refractivity contribution is 5.88. The summed E-state index contributed by atoms with van der Waals surface area (Å²) in [4.78, 5) is 21.7. The number of rotatable bonds is 4. The number of aromatic nitrogens is 4. The first-order valence-electron chi connectivity index (χ1n) is 6.12. The molecule has 0 aliphatic rings. The largest absolute Gasteiger partial charge is 0.325 e. The molecule has 2 heterocycles. The van der Waals surface area contributed by atoms with Crippen molar-refractivity contribution >= 4 is 11.7 Å². The summed E-state index contributed by atoms with van der Waals surface area (Å²) in [7, 11) is 0. The Kier molecular flexibility index (Phi) is 4.07. The van der Waals surface area contributed by atoms with Crippen LogP contribution in [0.15, 0.2) is 30.9 Å². The molecule has 0 saturated heterocycles. The van der Waals surface area contributed by atoms with Gasteiger partial charge in [-0.3, -0.25) is 0 Å². The van der Waals surface area contributed by atoms with E-state index in [1.165, 1.54) is 4.68 Å². The molecule has 0 aliphatic heterocycles. The molecule has 0 bridgehead atoms. The number of anilines is 1. The van der Waals surface area contributed by atoms with Gasteiger partial charge in [0, 0.05) is 25.5 Å². The maximum Gasteiger partial charge on any atom is 0.321 e. The van der Waals surface area contributed by atoms with Crippen molar-refractivity contribution in [1.29, 1.82) is 0 Å². The van der Waals surface area contributed by atoms with Gasteiger partial charge in [0.05, 0.1) is 18.1 Å². The van der Waals surface area contributed by atoms with Gasteiger partial charge in [0.2, 0.25) is 5.95 Å². The second-order valence-electron chi connectivity index (χ2n) is 3.82. The number of carbonyl (C=O) groups excluding carboxylic acids is 1. The molecule has 2 aromatic heterocycles. The standard InChI is InChI=1S/C12H16N6O/c1-3-17(4-2)12(19)16-10-8-15-18(9-10)11-13-6-5-7-14-11/h5-9H,3-4H2,1-2H3,(H,16,19). The van der Waals surface area contributed by atoms with Crippen LogP contribution in [0.3, 0.4) is 0 Å². The van der Waals surface area contributed by atoms with E-state index in [0.29, 0.717) is 24.7 Å². The Morgan fingerprint density at radius 3 is 2.63 bits per heavy atom. The third-order valence-electron chi connectivity index (χ3n) is 2.64. The van der Waals surface area contributed by atoms with Crippen molar-refractivity contribution in [2.75, 3.05) is 18.4 Å². The Bertz CT molecular complexity index is 534. The second kappa shape index (κ2) is 5.94. The van der Waals surface area contributed by atoms with Crippen molar-refractivity contribution in [3.63, 3.8) is 0 Å². The summed E-state index contributed by atoms with van der Waals surface area (Å²) >= 11 is 0. The summed E-state index contributed by atoms with van der Waals surface area (Å²) in [5.41, 5.74) is 0.615. The van der Waals surface area contributed by atoms with E-state index in [-0.39, 0.29) is 6.03 Å². The van der Waals surface area contributed by atoms with Gasteiger partial charge >= 0.3 is 6.03 Å². The average molecular weight is 260 g/mol. The Morgan fingerprint density at radius 1 is 1.32 bits per heavy atom. The Hall–Kier alpha value is -2.44. The molecule has 0 atom stereocenters. The van der Waals surface area contributed by atoms with Gasteiger partial charge in [-0.15, -0.1) is 0 Å². The summed E-state index contributed by atoms with van der Waals surface area (Å²) < 4.78 is 1.51. The van der Waals surface area contributed by atoms with Gasteiger partial charge < -0.3 is 10.2 Å². The van der Waals surface area contributed by atoms with E-state index in [1.54, 1.807) is 35.8 Å². The van der Waals surface area contributed by atoms with Gasteiger partial charge in [-0.1, -0.05) is 0 Å². The zero-order valence-corrected chi connectivity index (χ0v) is 10.9. The van der Waals surface area contributed by atoms with Crippen LogP contribution in [0.4, 0.5) is 10.5 Å². The lowest BCUT2D eigenvalue weighted by molar-refractivity contribution is 0.217. The fourth-order valence-corrected chi connectivity index (χ4v) is 1.62. The normalized spacial score (nSPS) is 10.2. The monoisotopic (exact) mass is 260 g/mol. The summed E-state index contributed by atoms with van der Waals surface area (Å²) in [6.07, 6.45) is 6.52. The van der Waals surface area contributed by atoms with Crippen molar-refractivity contribution < 1.29 is 4.79 Å². The number of nitrogens with zero attached hydrogens (tertiary/aromatic N) is 5. The lowest BCUT2D eigenvalue weighted by Gasteiger charge is -2.18. The summed E-state index contributed by atoms with van der Waals surface area (Å²) in [5.74, 6) is 0.464. The second-order valence-corrected chi connectivity index (χ2v) is 3.82. The van der Waals surface area contributed by atoms with E-state index in [1.807, 2.05) is 13.8 Å². The molecule has 1 N–H and O–H groups in total. The van der Waals surface area contributed by atoms with Crippen molar-refractivity contribution in [3.8, 4) is 5.95 Å². The molecular weight excluding hydrogens is 244 g/mol. The van der Waals surface area contributed by atoms with E-state index in [0.717, 1.165) is 0 Å². The fourth-order valence-electron chi connectivity index (χ4n) is 1.62. The van der Waals surface area contributed by atoms with Crippen LogP contribution in [-0.2, 0) is 0 Å². The molecule has 0 spiro atoms. The van der Waals surface area contributed by atoms with Crippen LogP contribution < -0.4 is 5.32 Å². The molecular formula is C12H16N6O. The molecule has 2 aromatic rings. The molecule has 100 valence electrons. The number of carbonyl (C=O) groups is 1. The molecule has 0 radical (unpaired) electrons. The number of urea groups is 1. The Labute approximate surface area is 111 Å². The maximum absolute atomic E-state index is 11.9. The minimum Gasteiger partial charge on any atom is -0.325 e. The van der Waals surface area contributed by atoms with Crippen molar-refractivity contribution in [3.05, 3.63) is 30.9 Å². The first kappa shape index (κ1) is 13.0. The molecule has 0 saturated carbocycles. The Morgan fingerprint density at radius 2 is 2.00 bits per heavy atom. The number of hydrogen-bond donors (Lipinski definition) is 1. The van der Waals surface area contributed by atoms with Gasteiger partial charge in [0.1, 0.15) is 0 Å². The fraction of sp³-hybridized carbons (Fsp3) is 0.333. The molecule has 0 aliphatic carbocycles. The van der Waals surface area contributed by atoms with Crippen molar-refractivity contribution in [2.45, 2.75) is 13.8 Å². The first-order valence-corrected chi connectivity index (χ1v) is 6.12.